The highest BCUT2D eigenvalue weighted by molar-refractivity contribution is 5.84. The molecule has 1 aromatic carbocycles. The first-order valence-electron chi connectivity index (χ1n) is 7.16. The third-order valence-electron chi connectivity index (χ3n) is 3.27. The van der Waals surface area contributed by atoms with Crippen molar-refractivity contribution in [2.45, 2.75) is 19.8 Å². The van der Waals surface area contributed by atoms with Crippen LogP contribution < -0.4 is 20.9 Å². The highest BCUT2D eigenvalue weighted by atomic mass is 16.5. The van der Waals surface area contributed by atoms with Crippen molar-refractivity contribution < 1.29 is 9.47 Å². The number of nitrogens with two attached hydrogens (primary N) is 2. The number of nitrogen functional groups attached to an aromatic ring is 2. The minimum Gasteiger partial charge on any atom is -0.496 e. The second-order valence-electron chi connectivity index (χ2n) is 5.25. The van der Waals surface area contributed by atoms with Crippen molar-refractivity contribution in [3.8, 4) is 17.2 Å². The molecule has 0 radical (unpaired) electrons. The Labute approximate surface area is 135 Å². The summed E-state index contributed by atoms with van der Waals surface area (Å²) in [6.45, 7) is 4.14. The van der Waals surface area contributed by atoms with E-state index in [1.807, 2.05) is 12.1 Å². The molecule has 0 fully saturated rings. The standard InChI is InChI=1S/C16H21N5O2/c1-9(2)11-6-12(22-4)10(7-19-3)5-13(11)23-14-8-20-16(18)21-15(14)17/h5-9H,1-4H3,(H4,17,18,20,21)/b19-7+. The van der Waals surface area contributed by atoms with E-state index in [2.05, 4.69) is 28.8 Å². The Kier molecular flexibility index (Phi) is 5.00. The largest absolute Gasteiger partial charge is 0.496 e. The number of hydrogen-bond donors (Lipinski definition) is 2. The predicted octanol–water partition coefficient (Wildman–Crippen LogP) is 2.61. The number of ether oxygens (including phenoxy) is 2. The summed E-state index contributed by atoms with van der Waals surface area (Å²) in [7, 11) is 3.32. The van der Waals surface area contributed by atoms with Gasteiger partial charge in [0.15, 0.2) is 11.6 Å². The summed E-state index contributed by atoms with van der Waals surface area (Å²) in [5.41, 5.74) is 13.1. The van der Waals surface area contributed by atoms with Gasteiger partial charge < -0.3 is 20.9 Å². The molecule has 0 bridgehead atoms. The fourth-order valence-corrected chi connectivity index (χ4v) is 2.14. The molecule has 0 aliphatic carbocycles. The van der Waals surface area contributed by atoms with Crippen LogP contribution in [0.15, 0.2) is 23.3 Å². The normalized spacial score (nSPS) is 11.2. The Morgan fingerprint density at radius 2 is 1.91 bits per heavy atom. The van der Waals surface area contributed by atoms with Gasteiger partial charge in [0.25, 0.3) is 0 Å². The van der Waals surface area contributed by atoms with Gasteiger partial charge in [0.2, 0.25) is 5.95 Å². The third kappa shape index (κ3) is 3.68. The Bertz CT molecular complexity index is 729. The van der Waals surface area contributed by atoms with Crippen LogP contribution in [0.25, 0.3) is 0 Å². The second kappa shape index (κ2) is 6.95. The van der Waals surface area contributed by atoms with Crippen LogP contribution in [0.3, 0.4) is 0 Å². The second-order valence-corrected chi connectivity index (χ2v) is 5.25. The van der Waals surface area contributed by atoms with Crippen LogP contribution in [0.2, 0.25) is 0 Å². The molecule has 0 atom stereocenters. The first kappa shape index (κ1) is 16.5. The quantitative estimate of drug-likeness (QED) is 0.821. The average Bonchev–Trinajstić information content (AvgIpc) is 2.50. The minimum absolute atomic E-state index is 0.104. The number of benzene rings is 1. The van der Waals surface area contributed by atoms with Gasteiger partial charge in [0.1, 0.15) is 11.5 Å². The number of hydrogen-bond acceptors (Lipinski definition) is 7. The summed E-state index contributed by atoms with van der Waals surface area (Å²) >= 11 is 0. The van der Waals surface area contributed by atoms with E-state index in [1.54, 1.807) is 20.4 Å². The SMILES string of the molecule is C/N=C/c1cc(Oc2cnc(N)nc2N)c(C(C)C)cc1OC. The fourth-order valence-electron chi connectivity index (χ4n) is 2.14. The van der Waals surface area contributed by atoms with E-state index in [4.69, 9.17) is 20.9 Å². The van der Waals surface area contributed by atoms with Gasteiger partial charge in [-0.25, -0.2) is 4.98 Å². The minimum atomic E-state index is 0.104. The molecule has 2 aromatic rings. The van der Waals surface area contributed by atoms with E-state index in [0.29, 0.717) is 11.5 Å². The van der Waals surface area contributed by atoms with Crippen molar-refractivity contribution in [2.75, 3.05) is 25.6 Å². The third-order valence-corrected chi connectivity index (χ3v) is 3.27. The lowest BCUT2D eigenvalue weighted by Crippen LogP contribution is -2.03. The van der Waals surface area contributed by atoms with Crippen LogP contribution >= 0.6 is 0 Å². The molecule has 7 heteroatoms. The van der Waals surface area contributed by atoms with Crippen molar-refractivity contribution in [3.05, 3.63) is 29.5 Å². The van der Waals surface area contributed by atoms with Crippen LogP contribution in [-0.4, -0.2) is 30.3 Å². The molecule has 122 valence electrons. The van der Waals surface area contributed by atoms with Crippen LogP contribution in [0.4, 0.5) is 11.8 Å². The number of aliphatic imine (C=N–C) groups is 1. The van der Waals surface area contributed by atoms with Crippen molar-refractivity contribution in [1.82, 2.24) is 9.97 Å². The van der Waals surface area contributed by atoms with Gasteiger partial charge in [0.05, 0.1) is 13.3 Å². The first-order valence-corrected chi connectivity index (χ1v) is 7.16. The van der Waals surface area contributed by atoms with Crippen LogP contribution in [0.1, 0.15) is 30.9 Å². The van der Waals surface area contributed by atoms with Crippen molar-refractivity contribution in [3.63, 3.8) is 0 Å². The summed E-state index contributed by atoms with van der Waals surface area (Å²) in [6, 6.07) is 3.79. The van der Waals surface area contributed by atoms with Gasteiger partial charge >= 0.3 is 0 Å². The van der Waals surface area contributed by atoms with Gasteiger partial charge in [-0.2, -0.15) is 4.98 Å². The average molecular weight is 315 g/mol. The Morgan fingerprint density at radius 1 is 1.17 bits per heavy atom. The lowest BCUT2D eigenvalue weighted by Gasteiger charge is -2.17. The molecule has 0 spiro atoms. The molecule has 7 nitrogen and oxygen atoms in total. The lowest BCUT2D eigenvalue weighted by molar-refractivity contribution is 0.410. The molecular formula is C16H21N5O2. The van der Waals surface area contributed by atoms with Gasteiger partial charge in [-0.05, 0) is 18.1 Å². The summed E-state index contributed by atoms with van der Waals surface area (Å²) in [6.07, 6.45) is 3.16. The molecule has 0 aliphatic heterocycles. The Balaban J connectivity index is 2.52. The zero-order valence-electron chi connectivity index (χ0n) is 13.7. The number of rotatable bonds is 5. The maximum Gasteiger partial charge on any atom is 0.222 e. The predicted molar refractivity (Wildman–Crippen MR) is 91.5 cm³/mol. The van der Waals surface area contributed by atoms with Crippen molar-refractivity contribution in [1.29, 1.82) is 0 Å². The molecule has 23 heavy (non-hydrogen) atoms. The van der Waals surface area contributed by atoms with E-state index in [-0.39, 0.29) is 17.7 Å². The van der Waals surface area contributed by atoms with Gasteiger partial charge in [-0.3, -0.25) is 4.99 Å². The molecule has 1 heterocycles. The lowest BCUT2D eigenvalue weighted by atomic mass is 9.99. The summed E-state index contributed by atoms with van der Waals surface area (Å²) in [4.78, 5) is 11.9. The number of aromatic nitrogens is 2. The first-order chi connectivity index (χ1) is 11.0. The summed E-state index contributed by atoms with van der Waals surface area (Å²) < 4.78 is 11.3. The monoisotopic (exact) mass is 315 g/mol. The van der Waals surface area contributed by atoms with E-state index in [0.717, 1.165) is 16.9 Å². The highest BCUT2D eigenvalue weighted by Gasteiger charge is 2.16. The molecule has 0 unspecified atom stereocenters. The number of anilines is 2. The van der Waals surface area contributed by atoms with E-state index in [1.165, 1.54) is 6.20 Å². The molecule has 0 saturated heterocycles. The summed E-state index contributed by atoms with van der Waals surface area (Å²) in [5.74, 6) is 2.25. The molecule has 2 rings (SSSR count). The van der Waals surface area contributed by atoms with Crippen molar-refractivity contribution >= 4 is 18.0 Å². The molecule has 0 aliphatic rings. The summed E-state index contributed by atoms with van der Waals surface area (Å²) in [5, 5.41) is 0. The maximum atomic E-state index is 5.92. The maximum absolute atomic E-state index is 5.92. The number of nitrogens with zero attached hydrogens (tertiary/aromatic N) is 3. The fraction of sp³-hybridized carbons (Fsp3) is 0.312. The zero-order valence-corrected chi connectivity index (χ0v) is 13.7. The van der Waals surface area contributed by atoms with Crippen LogP contribution in [-0.2, 0) is 0 Å². The topological polar surface area (TPSA) is 109 Å². The molecule has 4 N–H and O–H groups in total. The Morgan fingerprint density at radius 3 is 2.48 bits per heavy atom. The van der Waals surface area contributed by atoms with E-state index in [9.17, 15) is 0 Å². The Hall–Kier alpha value is -2.83. The molecule has 0 amide bonds. The van der Waals surface area contributed by atoms with Crippen LogP contribution in [0, 0.1) is 0 Å². The molecule has 1 aromatic heterocycles. The molecular weight excluding hydrogens is 294 g/mol. The van der Waals surface area contributed by atoms with Crippen molar-refractivity contribution in [2.24, 2.45) is 4.99 Å². The van der Waals surface area contributed by atoms with Gasteiger partial charge in [0, 0.05) is 24.4 Å². The smallest absolute Gasteiger partial charge is 0.222 e. The number of methoxy groups -OCH3 is 1. The highest BCUT2D eigenvalue weighted by Crippen LogP contribution is 2.36. The van der Waals surface area contributed by atoms with E-state index >= 15 is 0 Å². The van der Waals surface area contributed by atoms with Gasteiger partial charge in [-0.15, -0.1) is 0 Å². The molecule has 0 saturated carbocycles. The van der Waals surface area contributed by atoms with Crippen LogP contribution in [0.5, 0.6) is 17.2 Å². The van der Waals surface area contributed by atoms with Gasteiger partial charge in [-0.1, -0.05) is 13.8 Å². The zero-order chi connectivity index (χ0) is 17.0. The van der Waals surface area contributed by atoms with E-state index < -0.39 is 0 Å².